The zero-order valence-electron chi connectivity index (χ0n) is 10.4. The van der Waals surface area contributed by atoms with Gasteiger partial charge in [-0.3, -0.25) is 4.79 Å². The highest BCUT2D eigenvalue weighted by Gasteiger charge is 2.34. The molecule has 0 fully saturated rings. The lowest BCUT2D eigenvalue weighted by Crippen LogP contribution is -2.14. The molecule has 0 aromatic carbocycles. The van der Waals surface area contributed by atoms with Crippen LogP contribution in [0.25, 0.3) is 0 Å². The van der Waals surface area contributed by atoms with Gasteiger partial charge >= 0.3 is 12.1 Å². The predicted molar refractivity (Wildman–Crippen MR) is 64.2 cm³/mol. The lowest BCUT2D eigenvalue weighted by Gasteiger charge is -2.08. The van der Waals surface area contributed by atoms with E-state index in [1.165, 1.54) is 11.3 Å². The number of alkyl halides is 3. The molecular weight excluding hydrogens is 279 g/mol. The molecule has 0 amide bonds. The van der Waals surface area contributed by atoms with Crippen LogP contribution in [-0.4, -0.2) is 23.7 Å². The Hall–Kier alpha value is -1.11. The van der Waals surface area contributed by atoms with Gasteiger partial charge in [0.1, 0.15) is 5.92 Å². The number of carbonyl (C=O) groups excluding carboxylic acids is 1. The van der Waals surface area contributed by atoms with Crippen LogP contribution < -0.4 is 0 Å². The summed E-state index contributed by atoms with van der Waals surface area (Å²) in [6, 6.07) is 0. The molecular formula is C12H14F3NO2S. The lowest BCUT2D eigenvalue weighted by molar-refractivity contribution is -0.145. The van der Waals surface area contributed by atoms with Gasteiger partial charge in [-0.05, 0) is 19.8 Å². The molecule has 3 nitrogen and oxygen atoms in total. The summed E-state index contributed by atoms with van der Waals surface area (Å²) in [6.45, 7) is 2.03. The Labute approximate surface area is 112 Å². The Morgan fingerprint density at radius 2 is 2.26 bits per heavy atom. The fourth-order valence-electron chi connectivity index (χ4n) is 2.11. The molecule has 1 atom stereocenters. The Kier molecular flexibility index (Phi) is 4.13. The average molecular weight is 293 g/mol. The van der Waals surface area contributed by atoms with Crippen LogP contribution in [-0.2, 0) is 22.4 Å². The average Bonchev–Trinajstić information content (AvgIpc) is 2.84. The van der Waals surface area contributed by atoms with Crippen molar-refractivity contribution in [1.82, 2.24) is 4.98 Å². The number of aromatic nitrogens is 1. The third-order valence-electron chi connectivity index (χ3n) is 2.96. The van der Waals surface area contributed by atoms with Crippen LogP contribution in [0.4, 0.5) is 13.2 Å². The molecule has 1 unspecified atom stereocenters. The summed E-state index contributed by atoms with van der Waals surface area (Å²) in [7, 11) is 0. The zero-order chi connectivity index (χ0) is 14.0. The van der Waals surface area contributed by atoms with Crippen molar-refractivity contribution < 1.29 is 22.7 Å². The van der Waals surface area contributed by atoms with Gasteiger partial charge in [0.15, 0.2) is 0 Å². The van der Waals surface area contributed by atoms with Gasteiger partial charge in [-0.15, -0.1) is 11.3 Å². The van der Waals surface area contributed by atoms with Crippen molar-refractivity contribution in [3.8, 4) is 0 Å². The van der Waals surface area contributed by atoms with Crippen LogP contribution in [0.5, 0.6) is 0 Å². The van der Waals surface area contributed by atoms with Gasteiger partial charge in [0.05, 0.1) is 17.3 Å². The molecule has 1 aromatic rings. The van der Waals surface area contributed by atoms with Gasteiger partial charge in [-0.25, -0.2) is 4.98 Å². The molecule has 0 N–H and O–H groups in total. The van der Waals surface area contributed by atoms with Crippen LogP contribution in [0.1, 0.15) is 41.3 Å². The van der Waals surface area contributed by atoms with E-state index in [2.05, 4.69) is 4.98 Å². The summed E-state index contributed by atoms with van der Waals surface area (Å²) >= 11 is 1.28. The molecule has 0 spiro atoms. The van der Waals surface area contributed by atoms with E-state index in [1.807, 2.05) is 0 Å². The van der Waals surface area contributed by atoms with Gasteiger partial charge in [0.25, 0.3) is 0 Å². The first-order valence-electron chi connectivity index (χ1n) is 6.12. The van der Waals surface area contributed by atoms with Crippen molar-refractivity contribution in [1.29, 1.82) is 0 Å². The second-order valence-electron chi connectivity index (χ2n) is 4.37. The number of ether oxygens (including phenoxy) is 1. The lowest BCUT2D eigenvalue weighted by atomic mass is 10.1. The van der Waals surface area contributed by atoms with Crippen LogP contribution in [0.2, 0.25) is 0 Å². The number of nitrogens with zero attached hydrogens (tertiary/aromatic N) is 1. The van der Waals surface area contributed by atoms with Crippen molar-refractivity contribution in [2.24, 2.45) is 0 Å². The van der Waals surface area contributed by atoms with E-state index >= 15 is 0 Å². The number of fused-ring (bicyclic) bond motifs is 1. The smallest absolute Gasteiger partial charge is 0.389 e. The minimum atomic E-state index is -4.17. The molecule has 1 aliphatic carbocycles. The summed E-state index contributed by atoms with van der Waals surface area (Å²) in [5.74, 6) is -0.722. The van der Waals surface area contributed by atoms with Gasteiger partial charge in [-0.1, -0.05) is 0 Å². The second-order valence-corrected chi connectivity index (χ2v) is 5.54. The standard InChI is InChI=1S/C12H14F3NO2S/c1-2-18-11(17)7-3-4-8-10(7)16-9(19-8)5-6-12(13,14)15/h7H,2-6H2,1H3. The quantitative estimate of drug-likeness (QED) is 0.800. The number of hydrogen-bond donors (Lipinski definition) is 0. The highest BCUT2D eigenvalue weighted by Crippen LogP contribution is 2.38. The highest BCUT2D eigenvalue weighted by atomic mass is 32.1. The monoisotopic (exact) mass is 293 g/mol. The van der Waals surface area contributed by atoms with Crippen molar-refractivity contribution in [2.75, 3.05) is 6.61 Å². The van der Waals surface area contributed by atoms with Gasteiger partial charge in [0, 0.05) is 17.7 Å². The summed E-state index contributed by atoms with van der Waals surface area (Å²) < 4.78 is 41.4. The number of esters is 1. The Morgan fingerprint density at radius 1 is 1.53 bits per heavy atom. The molecule has 0 radical (unpaired) electrons. The van der Waals surface area contributed by atoms with E-state index in [1.54, 1.807) is 6.92 Å². The van der Waals surface area contributed by atoms with Crippen LogP contribution in [0.15, 0.2) is 0 Å². The SMILES string of the molecule is CCOC(=O)C1CCc2sc(CCC(F)(F)F)nc21. The first-order valence-corrected chi connectivity index (χ1v) is 6.94. The van der Waals surface area contributed by atoms with Crippen molar-refractivity contribution in [2.45, 2.75) is 44.7 Å². The number of halogens is 3. The molecule has 1 aromatic heterocycles. The van der Waals surface area contributed by atoms with Crippen LogP contribution >= 0.6 is 11.3 Å². The molecule has 7 heteroatoms. The second kappa shape index (κ2) is 5.48. The van der Waals surface area contributed by atoms with E-state index in [0.717, 1.165) is 4.88 Å². The van der Waals surface area contributed by atoms with Gasteiger partial charge in [-0.2, -0.15) is 13.2 Å². The Morgan fingerprint density at radius 3 is 2.89 bits per heavy atom. The van der Waals surface area contributed by atoms with E-state index in [-0.39, 0.29) is 12.4 Å². The largest absolute Gasteiger partial charge is 0.465 e. The van der Waals surface area contributed by atoms with E-state index in [4.69, 9.17) is 4.74 Å². The fraction of sp³-hybridized carbons (Fsp3) is 0.667. The molecule has 0 saturated heterocycles. The molecule has 0 bridgehead atoms. The van der Waals surface area contributed by atoms with Crippen LogP contribution in [0, 0.1) is 0 Å². The first kappa shape index (κ1) is 14.3. The topological polar surface area (TPSA) is 39.2 Å². The third-order valence-corrected chi connectivity index (χ3v) is 4.15. The molecule has 1 aliphatic rings. The summed E-state index contributed by atoms with van der Waals surface area (Å²) in [4.78, 5) is 16.8. The molecule has 106 valence electrons. The maximum absolute atomic E-state index is 12.2. The summed E-state index contributed by atoms with van der Waals surface area (Å²) in [5.41, 5.74) is 0.626. The van der Waals surface area contributed by atoms with Gasteiger partial charge in [0.2, 0.25) is 0 Å². The molecule has 2 rings (SSSR count). The third kappa shape index (κ3) is 3.46. The number of aryl methyl sites for hydroxylation is 2. The van der Waals surface area contributed by atoms with Crippen LogP contribution in [0.3, 0.4) is 0 Å². The normalized spacial score (nSPS) is 18.4. The first-order chi connectivity index (χ1) is 8.90. The number of thiazole rings is 1. The maximum atomic E-state index is 12.2. The van der Waals surface area contributed by atoms with Crippen molar-refractivity contribution in [3.63, 3.8) is 0 Å². The maximum Gasteiger partial charge on any atom is 0.389 e. The summed E-state index contributed by atoms with van der Waals surface area (Å²) in [5, 5.41) is 0.455. The molecule has 0 saturated carbocycles. The predicted octanol–water partition coefficient (Wildman–Crippen LogP) is 3.23. The number of rotatable bonds is 4. The minimum Gasteiger partial charge on any atom is -0.465 e. The molecule has 19 heavy (non-hydrogen) atoms. The summed E-state index contributed by atoms with van der Waals surface area (Å²) in [6.07, 6.45) is -3.81. The molecule has 0 aliphatic heterocycles. The fourth-order valence-corrected chi connectivity index (χ4v) is 3.25. The highest BCUT2D eigenvalue weighted by molar-refractivity contribution is 7.11. The Bertz CT molecular complexity index is 470. The minimum absolute atomic E-state index is 0.114. The zero-order valence-corrected chi connectivity index (χ0v) is 11.2. The van der Waals surface area contributed by atoms with E-state index in [0.29, 0.717) is 30.2 Å². The Balaban J connectivity index is 2.05. The van der Waals surface area contributed by atoms with Crippen molar-refractivity contribution in [3.05, 3.63) is 15.6 Å². The van der Waals surface area contributed by atoms with E-state index in [9.17, 15) is 18.0 Å². The molecule has 1 heterocycles. The van der Waals surface area contributed by atoms with Gasteiger partial charge < -0.3 is 4.74 Å². The number of carbonyl (C=O) groups is 1. The van der Waals surface area contributed by atoms with Crippen molar-refractivity contribution >= 4 is 17.3 Å². The number of hydrogen-bond acceptors (Lipinski definition) is 4. The van der Waals surface area contributed by atoms with E-state index < -0.39 is 18.5 Å².